The van der Waals surface area contributed by atoms with E-state index in [1.54, 1.807) is 7.11 Å². The van der Waals surface area contributed by atoms with Crippen LogP contribution >= 0.6 is 0 Å². The van der Waals surface area contributed by atoms with Gasteiger partial charge in [0.25, 0.3) is 0 Å². The molecule has 7 rings (SSSR count). The summed E-state index contributed by atoms with van der Waals surface area (Å²) in [6.07, 6.45) is 13.8. The Morgan fingerprint density at radius 1 is 0.857 bits per heavy atom. The smallest absolute Gasteiger partial charge is 0.309 e. The number of carbonyl (C=O) groups is 1. The molecule has 1 saturated heterocycles. The first kappa shape index (κ1) is 35.9. The Bertz CT molecular complexity index is 1430. The van der Waals surface area contributed by atoms with Gasteiger partial charge in [0.2, 0.25) is 0 Å². The van der Waals surface area contributed by atoms with E-state index in [2.05, 4.69) is 58.9 Å². The van der Waals surface area contributed by atoms with Gasteiger partial charge in [-0.1, -0.05) is 65.3 Å². The number of carboxylic acid groups (broad SMARTS) is 1. The van der Waals surface area contributed by atoms with Gasteiger partial charge in [0, 0.05) is 36.9 Å². The summed E-state index contributed by atoms with van der Waals surface area (Å²) >= 11 is 0. The lowest BCUT2D eigenvalue weighted by molar-refractivity contribution is -0.309. The number of carboxylic acids is 1. The Morgan fingerprint density at radius 2 is 1.49 bits per heavy atom. The van der Waals surface area contributed by atoms with Gasteiger partial charge < -0.3 is 24.8 Å². The van der Waals surface area contributed by atoms with Crippen molar-refractivity contribution in [2.75, 3.05) is 20.3 Å². The van der Waals surface area contributed by atoms with Crippen LogP contribution in [0.4, 0.5) is 0 Å². The van der Waals surface area contributed by atoms with Gasteiger partial charge in [0.1, 0.15) is 0 Å². The van der Waals surface area contributed by atoms with Crippen molar-refractivity contribution < 1.29 is 29.6 Å². The number of hydrogen-bond acceptors (Lipinski definition) is 5. The molecule has 5 saturated carbocycles. The highest BCUT2D eigenvalue weighted by Crippen LogP contribution is 2.83. The largest absolute Gasteiger partial charge is 0.481 e. The molecular weight excluding hydrogens is 612 g/mol. The summed E-state index contributed by atoms with van der Waals surface area (Å²) in [4.78, 5) is 12.7. The molecule has 1 aromatic rings. The highest BCUT2D eigenvalue weighted by Gasteiger charge is 2.81. The van der Waals surface area contributed by atoms with E-state index in [4.69, 9.17) is 9.47 Å². The second kappa shape index (κ2) is 11.8. The standard InChI is InChI=1S/C43H66O6/c1-8-9-32-42-16-14-31-38(4)20-19-36(2)17-18-37(3,35(45)46)27-33(36)39(38,5)21-22-40(31,6)41(42,28-44)23-24-43(32,47)49-34(42)26-30-12-10-29(11-13-30)15-25-48-7/h10-13,31-34,44,47H,8-9,14-28H2,1-7H3,(H,45,46)/t31-,32-,33-,34+,36-,37-,38-,39+,40-,41-,42-,43+/m1/s1. The molecule has 0 radical (unpaired) electrons. The van der Waals surface area contributed by atoms with Crippen molar-refractivity contribution in [2.45, 2.75) is 150 Å². The number of ether oxygens (including phenoxy) is 2. The molecule has 0 aromatic heterocycles. The lowest BCUT2D eigenvalue weighted by Gasteiger charge is -2.77. The van der Waals surface area contributed by atoms with E-state index in [1.165, 1.54) is 17.5 Å². The van der Waals surface area contributed by atoms with Crippen LogP contribution in [0.5, 0.6) is 0 Å². The van der Waals surface area contributed by atoms with E-state index < -0.39 is 17.2 Å². The minimum Gasteiger partial charge on any atom is -0.481 e. The van der Waals surface area contributed by atoms with Crippen LogP contribution in [0.3, 0.4) is 0 Å². The summed E-state index contributed by atoms with van der Waals surface area (Å²) in [6, 6.07) is 8.90. The summed E-state index contributed by atoms with van der Waals surface area (Å²) in [5.74, 6) is -0.977. The van der Waals surface area contributed by atoms with Crippen molar-refractivity contribution in [1.29, 1.82) is 0 Å². The van der Waals surface area contributed by atoms with Crippen LogP contribution in [-0.2, 0) is 27.1 Å². The van der Waals surface area contributed by atoms with Crippen LogP contribution in [0, 0.1) is 55.7 Å². The lowest BCUT2D eigenvalue weighted by Crippen LogP contribution is -2.74. The number of benzene rings is 1. The lowest BCUT2D eigenvalue weighted by atomic mass is 9.26. The fourth-order valence-corrected chi connectivity index (χ4v) is 14.9. The van der Waals surface area contributed by atoms with Crippen LogP contribution in [-0.4, -0.2) is 53.5 Å². The van der Waals surface area contributed by atoms with Crippen LogP contribution < -0.4 is 0 Å². The first-order valence-corrected chi connectivity index (χ1v) is 19.9. The first-order chi connectivity index (χ1) is 23.1. The predicted octanol–water partition coefficient (Wildman–Crippen LogP) is 8.59. The van der Waals surface area contributed by atoms with Crippen molar-refractivity contribution in [1.82, 2.24) is 0 Å². The van der Waals surface area contributed by atoms with Crippen molar-refractivity contribution >= 4 is 5.97 Å². The molecule has 49 heavy (non-hydrogen) atoms. The minimum atomic E-state index is -1.15. The zero-order valence-corrected chi connectivity index (χ0v) is 31.7. The zero-order chi connectivity index (χ0) is 35.3. The SMILES string of the molecule is CCC[C@@H]1[C@@]23CC[C@H]4[C@@](C)(CC[C@@]5(C)[C@@H]6C[C@](C)(C(=O)O)CC[C@]6(C)CC[C@]45C)[C@]2(CO)CC[C@]1(O)O[C@H]3Cc1ccc(CCOC)cc1. The van der Waals surface area contributed by atoms with E-state index >= 15 is 0 Å². The van der Waals surface area contributed by atoms with Crippen molar-refractivity contribution in [3.05, 3.63) is 35.4 Å². The molecule has 2 bridgehead atoms. The second-order valence-electron chi connectivity index (χ2n) is 19.5. The molecular formula is C43H66O6. The van der Waals surface area contributed by atoms with Gasteiger partial charge in [0.15, 0.2) is 5.79 Å². The normalized spacial score (nSPS) is 50.1. The molecule has 1 aromatic carbocycles. The zero-order valence-electron chi connectivity index (χ0n) is 31.7. The Labute approximate surface area is 296 Å². The molecule has 6 aliphatic rings. The topological polar surface area (TPSA) is 96.2 Å². The molecule has 6 nitrogen and oxygen atoms in total. The van der Waals surface area contributed by atoms with Gasteiger partial charge in [-0.15, -0.1) is 0 Å². The molecule has 6 heteroatoms. The van der Waals surface area contributed by atoms with Crippen molar-refractivity contribution in [3.63, 3.8) is 0 Å². The number of aliphatic carboxylic acids is 1. The van der Waals surface area contributed by atoms with Gasteiger partial charge in [-0.2, -0.15) is 0 Å². The quantitative estimate of drug-likeness (QED) is 0.242. The number of hydrogen-bond donors (Lipinski definition) is 3. The van der Waals surface area contributed by atoms with E-state index in [0.717, 1.165) is 83.5 Å². The Kier molecular flexibility index (Phi) is 8.63. The van der Waals surface area contributed by atoms with Crippen LogP contribution in [0.15, 0.2) is 24.3 Å². The average molecular weight is 679 g/mol. The Morgan fingerprint density at radius 3 is 2.14 bits per heavy atom. The van der Waals surface area contributed by atoms with Gasteiger partial charge in [-0.25, -0.2) is 0 Å². The molecule has 0 amide bonds. The van der Waals surface area contributed by atoms with E-state index in [1.807, 2.05) is 6.92 Å². The Hall–Kier alpha value is -1.47. The van der Waals surface area contributed by atoms with E-state index in [0.29, 0.717) is 24.9 Å². The highest BCUT2D eigenvalue weighted by atomic mass is 16.6. The maximum atomic E-state index is 12.7. The maximum Gasteiger partial charge on any atom is 0.309 e. The molecule has 5 aliphatic carbocycles. The molecule has 1 spiro atoms. The van der Waals surface area contributed by atoms with Crippen LogP contribution in [0.1, 0.15) is 136 Å². The third-order valence-electron chi connectivity index (χ3n) is 18.0. The summed E-state index contributed by atoms with van der Waals surface area (Å²) in [7, 11) is 1.74. The number of fused-ring (bicyclic) bond motifs is 7. The molecule has 1 heterocycles. The van der Waals surface area contributed by atoms with E-state index in [-0.39, 0.29) is 51.1 Å². The monoisotopic (exact) mass is 678 g/mol. The van der Waals surface area contributed by atoms with Gasteiger partial charge >= 0.3 is 5.97 Å². The summed E-state index contributed by atoms with van der Waals surface area (Å²) in [6.45, 7) is 15.2. The summed E-state index contributed by atoms with van der Waals surface area (Å²) in [5, 5.41) is 34.8. The molecule has 3 N–H and O–H groups in total. The van der Waals surface area contributed by atoms with Gasteiger partial charge in [-0.3, -0.25) is 4.79 Å². The van der Waals surface area contributed by atoms with Crippen molar-refractivity contribution in [2.24, 2.45) is 55.7 Å². The molecule has 6 fully saturated rings. The minimum absolute atomic E-state index is 0.0000312. The molecule has 0 unspecified atom stereocenters. The summed E-state index contributed by atoms with van der Waals surface area (Å²) in [5.41, 5.74) is 1.31. The third kappa shape index (κ3) is 4.61. The van der Waals surface area contributed by atoms with Gasteiger partial charge in [0.05, 0.1) is 18.1 Å². The second-order valence-corrected chi connectivity index (χ2v) is 19.5. The molecule has 1 aliphatic heterocycles. The van der Waals surface area contributed by atoms with E-state index in [9.17, 15) is 20.1 Å². The predicted molar refractivity (Wildman–Crippen MR) is 192 cm³/mol. The van der Waals surface area contributed by atoms with Crippen molar-refractivity contribution in [3.8, 4) is 0 Å². The molecule has 274 valence electrons. The Balaban J connectivity index is 1.29. The third-order valence-corrected chi connectivity index (χ3v) is 18.0. The number of aliphatic hydroxyl groups excluding tert-OH is 1. The number of methoxy groups -OCH3 is 1. The maximum absolute atomic E-state index is 12.7. The fourth-order valence-electron chi connectivity index (χ4n) is 14.9. The number of rotatable bonds is 9. The van der Waals surface area contributed by atoms with Crippen LogP contribution in [0.2, 0.25) is 0 Å². The average Bonchev–Trinajstić information content (AvgIpc) is 3.22. The first-order valence-electron chi connectivity index (χ1n) is 19.9. The summed E-state index contributed by atoms with van der Waals surface area (Å²) < 4.78 is 12.3. The van der Waals surface area contributed by atoms with Crippen LogP contribution in [0.25, 0.3) is 0 Å². The number of aliphatic hydroxyl groups is 2. The van der Waals surface area contributed by atoms with Gasteiger partial charge in [-0.05, 0) is 135 Å². The fraction of sp³-hybridized carbons (Fsp3) is 0.837. The molecule has 12 atom stereocenters. The highest BCUT2D eigenvalue weighted by molar-refractivity contribution is 5.74.